The Kier molecular flexibility index (Phi) is 3.60. The zero-order valence-corrected chi connectivity index (χ0v) is 10.8. The molecule has 2 rings (SSSR count). The molecule has 2 aromatic carbocycles. The molecule has 0 fully saturated rings. The molecule has 0 saturated heterocycles. The van der Waals surface area contributed by atoms with E-state index >= 15 is 0 Å². The first-order valence-corrected chi connectivity index (χ1v) is 6.81. The van der Waals surface area contributed by atoms with Gasteiger partial charge in [-0.25, -0.2) is 4.21 Å². The second kappa shape index (κ2) is 4.98. The van der Waals surface area contributed by atoms with E-state index in [1.54, 1.807) is 0 Å². The molecule has 1 atom stereocenters. The number of benzene rings is 2. The van der Waals surface area contributed by atoms with Crippen LogP contribution in [0.5, 0.6) is 0 Å². The molecule has 0 spiro atoms. The fourth-order valence-corrected chi connectivity index (χ4v) is 2.84. The van der Waals surface area contributed by atoms with Crippen molar-refractivity contribution in [1.82, 2.24) is 0 Å². The predicted molar refractivity (Wildman–Crippen MR) is 71.5 cm³/mol. The fourth-order valence-electron chi connectivity index (χ4n) is 2.09. The van der Waals surface area contributed by atoms with E-state index in [2.05, 4.69) is 13.8 Å². The standard InChI is InChI=1S/C14H16O2S/c1-10(2)9-12-8-7-11-5-3-4-6-13(11)14(12)17(15)16/h3-8,10H,9H2,1-2H3,(H,15,16). The Morgan fingerprint density at radius 1 is 1.18 bits per heavy atom. The summed E-state index contributed by atoms with van der Waals surface area (Å²) in [6, 6.07) is 11.7. The lowest BCUT2D eigenvalue weighted by Gasteiger charge is -2.11. The summed E-state index contributed by atoms with van der Waals surface area (Å²) in [5, 5.41) is 1.89. The summed E-state index contributed by atoms with van der Waals surface area (Å²) in [6.07, 6.45) is 0.826. The van der Waals surface area contributed by atoms with E-state index in [4.69, 9.17) is 0 Å². The average molecular weight is 248 g/mol. The van der Waals surface area contributed by atoms with Crippen LogP contribution < -0.4 is 0 Å². The molecule has 2 nitrogen and oxygen atoms in total. The smallest absolute Gasteiger partial charge is 0.187 e. The number of hydrogen-bond donors (Lipinski definition) is 1. The van der Waals surface area contributed by atoms with Gasteiger partial charge in [-0.1, -0.05) is 50.2 Å². The van der Waals surface area contributed by atoms with E-state index in [1.807, 2.05) is 36.4 Å². The molecule has 0 aliphatic carbocycles. The maximum absolute atomic E-state index is 11.5. The first kappa shape index (κ1) is 12.3. The van der Waals surface area contributed by atoms with Crippen LogP contribution in [0.1, 0.15) is 19.4 Å². The average Bonchev–Trinajstić information content (AvgIpc) is 2.27. The van der Waals surface area contributed by atoms with Gasteiger partial charge < -0.3 is 4.55 Å². The lowest BCUT2D eigenvalue weighted by atomic mass is 9.99. The molecule has 0 saturated carbocycles. The highest BCUT2D eigenvalue weighted by Crippen LogP contribution is 2.26. The highest BCUT2D eigenvalue weighted by atomic mass is 32.2. The minimum atomic E-state index is -1.93. The van der Waals surface area contributed by atoms with Crippen LogP contribution in [0.2, 0.25) is 0 Å². The Labute approximate surface area is 104 Å². The fraction of sp³-hybridized carbons (Fsp3) is 0.286. The minimum Gasteiger partial charge on any atom is -0.302 e. The zero-order chi connectivity index (χ0) is 12.4. The van der Waals surface area contributed by atoms with Gasteiger partial charge in [0.25, 0.3) is 0 Å². The zero-order valence-electron chi connectivity index (χ0n) is 10.0. The van der Waals surface area contributed by atoms with Crippen molar-refractivity contribution in [2.75, 3.05) is 0 Å². The third-order valence-electron chi connectivity index (χ3n) is 2.76. The Balaban J connectivity index is 2.68. The van der Waals surface area contributed by atoms with Crippen molar-refractivity contribution in [2.45, 2.75) is 25.2 Å². The molecular formula is C14H16O2S. The second-order valence-corrected chi connectivity index (χ2v) is 5.53. The molecule has 0 amide bonds. The number of hydrogen-bond acceptors (Lipinski definition) is 1. The van der Waals surface area contributed by atoms with Gasteiger partial charge in [0.05, 0.1) is 4.90 Å². The molecule has 90 valence electrons. The molecule has 1 N–H and O–H groups in total. The van der Waals surface area contributed by atoms with Gasteiger partial charge in [-0.2, -0.15) is 0 Å². The van der Waals surface area contributed by atoms with Crippen molar-refractivity contribution in [1.29, 1.82) is 0 Å². The largest absolute Gasteiger partial charge is 0.302 e. The number of fused-ring (bicyclic) bond motifs is 1. The molecule has 17 heavy (non-hydrogen) atoms. The molecule has 0 bridgehead atoms. The van der Waals surface area contributed by atoms with E-state index in [-0.39, 0.29) is 0 Å². The van der Waals surface area contributed by atoms with E-state index in [9.17, 15) is 8.76 Å². The summed E-state index contributed by atoms with van der Waals surface area (Å²) in [6.45, 7) is 4.22. The first-order chi connectivity index (χ1) is 8.09. The normalized spacial score (nSPS) is 13.2. The third-order valence-corrected chi connectivity index (χ3v) is 3.60. The molecule has 0 radical (unpaired) electrons. The van der Waals surface area contributed by atoms with E-state index in [1.165, 1.54) is 0 Å². The molecule has 2 aromatic rings. The van der Waals surface area contributed by atoms with Crippen LogP contribution in [0.15, 0.2) is 41.3 Å². The molecule has 0 aromatic heterocycles. The summed E-state index contributed by atoms with van der Waals surface area (Å²) in [5.74, 6) is 0.471. The van der Waals surface area contributed by atoms with Crippen LogP contribution >= 0.6 is 0 Å². The SMILES string of the molecule is CC(C)Cc1ccc2ccccc2c1S(=O)O. The van der Waals surface area contributed by atoms with Crippen LogP contribution in [0.3, 0.4) is 0 Å². The first-order valence-electron chi connectivity index (χ1n) is 5.71. The quantitative estimate of drug-likeness (QED) is 0.842. The van der Waals surface area contributed by atoms with Crippen molar-refractivity contribution in [2.24, 2.45) is 5.92 Å². The van der Waals surface area contributed by atoms with Gasteiger partial charge in [-0.05, 0) is 23.3 Å². The maximum Gasteiger partial charge on any atom is 0.187 e. The molecule has 3 heteroatoms. The van der Waals surface area contributed by atoms with Gasteiger partial charge in [-0.15, -0.1) is 0 Å². The Hall–Kier alpha value is -1.19. The Morgan fingerprint density at radius 3 is 2.53 bits per heavy atom. The lowest BCUT2D eigenvalue weighted by molar-refractivity contribution is 0.562. The van der Waals surface area contributed by atoms with Crippen LogP contribution in [-0.2, 0) is 17.5 Å². The Bertz CT molecular complexity index is 561. The van der Waals surface area contributed by atoms with Gasteiger partial charge in [0.15, 0.2) is 11.1 Å². The van der Waals surface area contributed by atoms with Crippen molar-refractivity contribution in [3.8, 4) is 0 Å². The lowest BCUT2D eigenvalue weighted by Crippen LogP contribution is -2.02. The van der Waals surface area contributed by atoms with Crippen molar-refractivity contribution >= 4 is 21.9 Å². The Morgan fingerprint density at radius 2 is 1.88 bits per heavy atom. The summed E-state index contributed by atoms with van der Waals surface area (Å²) in [4.78, 5) is 0.566. The monoisotopic (exact) mass is 248 g/mol. The van der Waals surface area contributed by atoms with Gasteiger partial charge in [0.2, 0.25) is 0 Å². The van der Waals surface area contributed by atoms with Crippen LogP contribution in [0.4, 0.5) is 0 Å². The van der Waals surface area contributed by atoms with Gasteiger partial charge in [0, 0.05) is 5.39 Å². The minimum absolute atomic E-state index is 0.471. The maximum atomic E-state index is 11.5. The van der Waals surface area contributed by atoms with Crippen molar-refractivity contribution in [3.63, 3.8) is 0 Å². The van der Waals surface area contributed by atoms with Crippen LogP contribution in [0.25, 0.3) is 10.8 Å². The molecule has 1 unspecified atom stereocenters. The molecule has 0 aliphatic rings. The molecular weight excluding hydrogens is 232 g/mol. The number of rotatable bonds is 3. The summed E-state index contributed by atoms with van der Waals surface area (Å²) < 4.78 is 21.0. The van der Waals surface area contributed by atoms with Gasteiger partial charge >= 0.3 is 0 Å². The van der Waals surface area contributed by atoms with E-state index in [0.717, 1.165) is 22.8 Å². The van der Waals surface area contributed by atoms with Gasteiger partial charge in [-0.3, -0.25) is 0 Å². The predicted octanol–water partition coefficient (Wildman–Crippen LogP) is 3.62. The van der Waals surface area contributed by atoms with Crippen molar-refractivity contribution in [3.05, 3.63) is 42.0 Å². The van der Waals surface area contributed by atoms with E-state index in [0.29, 0.717) is 10.8 Å². The second-order valence-electron chi connectivity index (χ2n) is 4.62. The van der Waals surface area contributed by atoms with Gasteiger partial charge in [0.1, 0.15) is 0 Å². The molecule has 0 aliphatic heterocycles. The van der Waals surface area contributed by atoms with Crippen molar-refractivity contribution < 1.29 is 8.76 Å². The highest BCUT2D eigenvalue weighted by Gasteiger charge is 2.13. The van der Waals surface area contributed by atoms with Crippen LogP contribution in [-0.4, -0.2) is 8.76 Å². The summed E-state index contributed by atoms with van der Waals surface area (Å²) in [5.41, 5.74) is 0.972. The molecule has 0 heterocycles. The van der Waals surface area contributed by atoms with Crippen LogP contribution in [0, 0.1) is 5.92 Å². The van der Waals surface area contributed by atoms with E-state index < -0.39 is 11.1 Å². The third kappa shape index (κ3) is 2.56. The highest BCUT2D eigenvalue weighted by molar-refractivity contribution is 7.79. The summed E-state index contributed by atoms with van der Waals surface area (Å²) >= 11 is -1.93. The summed E-state index contributed by atoms with van der Waals surface area (Å²) in [7, 11) is 0. The topological polar surface area (TPSA) is 37.3 Å².